The second-order valence-corrected chi connectivity index (χ2v) is 9.67. The van der Waals surface area contributed by atoms with Gasteiger partial charge in [-0.2, -0.15) is 0 Å². The normalized spacial score (nSPS) is 24.1. The third kappa shape index (κ3) is 3.14. The van der Waals surface area contributed by atoms with Crippen LogP contribution in [0.4, 0.5) is 0 Å². The molecule has 0 spiro atoms. The number of Topliss-reactive ketones (excluding diaryl/α,β-unsaturated/α-hetero) is 2. The smallest absolute Gasteiger partial charge is 0.194 e. The summed E-state index contributed by atoms with van der Waals surface area (Å²) in [5.41, 5.74) is 1.38. The SMILES string of the molecule is CC(=O)c1c(O)c(C)c(O)c2c1OC1=CC(=O)/C(=C(/C)NC3CCCc4ccccc43)C(=O)[C@@]12C. The Balaban J connectivity index is 1.63. The summed E-state index contributed by atoms with van der Waals surface area (Å²) in [4.78, 5) is 39.4. The van der Waals surface area contributed by atoms with E-state index in [1.54, 1.807) is 13.8 Å². The minimum Gasteiger partial charge on any atom is -0.507 e. The van der Waals surface area contributed by atoms with Gasteiger partial charge in [-0.25, -0.2) is 0 Å². The van der Waals surface area contributed by atoms with Crippen LogP contribution < -0.4 is 10.1 Å². The van der Waals surface area contributed by atoms with Crippen LogP contribution in [0.1, 0.15) is 72.3 Å². The predicted octanol–water partition coefficient (Wildman–Crippen LogP) is 4.24. The number of aryl methyl sites for hydroxylation is 1. The number of phenols is 2. The van der Waals surface area contributed by atoms with Crippen molar-refractivity contribution in [2.24, 2.45) is 0 Å². The number of fused-ring (bicyclic) bond motifs is 4. The van der Waals surface area contributed by atoms with Gasteiger partial charge in [0.15, 0.2) is 17.3 Å². The van der Waals surface area contributed by atoms with Gasteiger partial charge in [0.25, 0.3) is 0 Å². The highest BCUT2D eigenvalue weighted by atomic mass is 16.5. The lowest BCUT2D eigenvalue weighted by Gasteiger charge is -2.31. The number of allylic oxidation sites excluding steroid dienone is 4. The lowest BCUT2D eigenvalue weighted by molar-refractivity contribution is -0.123. The minimum absolute atomic E-state index is 0.00902. The first-order chi connectivity index (χ1) is 16.6. The number of ketones is 3. The zero-order chi connectivity index (χ0) is 25.2. The van der Waals surface area contributed by atoms with Crippen molar-refractivity contribution in [3.05, 3.63) is 75.2 Å². The number of hydrogen-bond acceptors (Lipinski definition) is 7. The Labute approximate surface area is 203 Å². The van der Waals surface area contributed by atoms with Crippen LogP contribution in [0.25, 0.3) is 0 Å². The molecule has 0 radical (unpaired) electrons. The number of aromatic hydroxyl groups is 2. The van der Waals surface area contributed by atoms with E-state index in [0.29, 0.717) is 5.70 Å². The fourth-order valence-corrected chi connectivity index (χ4v) is 5.60. The highest BCUT2D eigenvalue weighted by Crippen LogP contribution is 2.57. The van der Waals surface area contributed by atoms with Crippen LogP contribution in [0.5, 0.6) is 17.2 Å². The van der Waals surface area contributed by atoms with Crippen molar-refractivity contribution in [2.75, 3.05) is 0 Å². The zero-order valence-corrected chi connectivity index (χ0v) is 20.1. The average Bonchev–Trinajstić information content (AvgIpc) is 3.10. The summed E-state index contributed by atoms with van der Waals surface area (Å²) in [6.45, 7) is 6.01. The summed E-state index contributed by atoms with van der Waals surface area (Å²) in [6, 6.07) is 8.11. The molecule has 2 aliphatic carbocycles. The molecule has 7 nitrogen and oxygen atoms in total. The van der Waals surface area contributed by atoms with Gasteiger partial charge in [-0.15, -0.1) is 0 Å². The Morgan fingerprint density at radius 1 is 1.14 bits per heavy atom. The molecule has 0 fully saturated rings. The van der Waals surface area contributed by atoms with Gasteiger partial charge in [-0.3, -0.25) is 14.4 Å². The quantitative estimate of drug-likeness (QED) is 0.347. The molecule has 1 heterocycles. The molecule has 35 heavy (non-hydrogen) atoms. The zero-order valence-electron chi connectivity index (χ0n) is 20.1. The maximum Gasteiger partial charge on any atom is 0.194 e. The van der Waals surface area contributed by atoms with Crippen LogP contribution in [-0.4, -0.2) is 27.6 Å². The van der Waals surface area contributed by atoms with Crippen LogP contribution >= 0.6 is 0 Å². The van der Waals surface area contributed by atoms with Crippen LogP contribution in [0.2, 0.25) is 0 Å². The molecule has 2 aromatic rings. The number of rotatable bonds is 3. The first kappa shape index (κ1) is 22.9. The molecule has 2 atom stereocenters. The van der Waals surface area contributed by atoms with Gasteiger partial charge in [0.2, 0.25) is 0 Å². The molecule has 3 N–H and O–H groups in total. The van der Waals surface area contributed by atoms with E-state index < -0.39 is 28.5 Å². The van der Waals surface area contributed by atoms with Crippen molar-refractivity contribution in [3.63, 3.8) is 0 Å². The van der Waals surface area contributed by atoms with Gasteiger partial charge in [0.05, 0.1) is 17.2 Å². The number of carbonyl (C=O) groups excluding carboxylic acids is 3. The summed E-state index contributed by atoms with van der Waals surface area (Å²) in [5.74, 6) is -2.29. The number of benzene rings is 2. The molecular weight excluding hydrogens is 446 g/mol. The van der Waals surface area contributed by atoms with Crippen molar-refractivity contribution in [2.45, 2.75) is 58.4 Å². The second kappa shape index (κ2) is 7.83. The fraction of sp³-hybridized carbons (Fsp3) is 0.321. The second-order valence-electron chi connectivity index (χ2n) is 9.67. The topological polar surface area (TPSA) is 113 Å². The molecule has 0 saturated carbocycles. The largest absolute Gasteiger partial charge is 0.507 e. The van der Waals surface area contributed by atoms with Gasteiger partial charge >= 0.3 is 0 Å². The molecule has 0 aromatic heterocycles. The molecule has 2 aromatic carbocycles. The standard InChI is InChI=1S/C28H27NO6/c1-13-24(32)22(15(3)30)26-23(25(13)33)28(4)20(35-26)12-19(31)21(27(28)34)14(2)29-18-11-7-9-16-8-5-6-10-17(16)18/h5-6,8,10,12,18,29,32-33H,7,9,11H2,1-4H3/b21-14+/t18?,28-/m0/s1. The van der Waals surface area contributed by atoms with E-state index in [2.05, 4.69) is 17.4 Å². The molecule has 3 aliphatic rings. The van der Waals surface area contributed by atoms with E-state index in [1.165, 1.54) is 25.5 Å². The predicted molar refractivity (Wildman–Crippen MR) is 129 cm³/mol. The van der Waals surface area contributed by atoms with Crippen molar-refractivity contribution in [1.82, 2.24) is 5.32 Å². The summed E-state index contributed by atoms with van der Waals surface area (Å²) >= 11 is 0. The van der Waals surface area contributed by atoms with Crippen molar-refractivity contribution < 1.29 is 29.3 Å². The molecule has 1 aliphatic heterocycles. The first-order valence-corrected chi connectivity index (χ1v) is 11.7. The van der Waals surface area contributed by atoms with Crippen molar-refractivity contribution in [3.8, 4) is 17.2 Å². The van der Waals surface area contributed by atoms with Gasteiger partial charge in [-0.1, -0.05) is 24.3 Å². The van der Waals surface area contributed by atoms with Crippen LogP contribution in [0.15, 0.2) is 47.4 Å². The maximum absolute atomic E-state index is 14.0. The lowest BCUT2D eigenvalue weighted by atomic mass is 9.70. The molecule has 180 valence electrons. The third-order valence-electron chi connectivity index (χ3n) is 7.52. The molecule has 0 saturated heterocycles. The molecular formula is C28H27NO6. The minimum atomic E-state index is -1.52. The molecule has 0 bridgehead atoms. The number of hydrogen-bond donors (Lipinski definition) is 3. The van der Waals surface area contributed by atoms with Crippen LogP contribution in [-0.2, 0) is 21.4 Å². The highest BCUT2D eigenvalue weighted by Gasteiger charge is 2.56. The maximum atomic E-state index is 14.0. The lowest BCUT2D eigenvalue weighted by Crippen LogP contribution is -2.41. The fourth-order valence-electron chi connectivity index (χ4n) is 5.60. The van der Waals surface area contributed by atoms with E-state index in [4.69, 9.17) is 4.74 Å². The van der Waals surface area contributed by atoms with E-state index in [0.717, 1.165) is 24.8 Å². The number of phenolic OH excluding ortho intramolecular Hbond substituents is 2. The van der Waals surface area contributed by atoms with Crippen LogP contribution in [0, 0.1) is 6.92 Å². The molecule has 1 unspecified atom stereocenters. The summed E-state index contributed by atoms with van der Waals surface area (Å²) in [7, 11) is 0. The summed E-state index contributed by atoms with van der Waals surface area (Å²) in [6.07, 6.45) is 4.10. The van der Waals surface area contributed by atoms with Gasteiger partial charge < -0.3 is 20.3 Å². The molecule has 0 amide bonds. The van der Waals surface area contributed by atoms with Gasteiger partial charge in [0, 0.05) is 17.3 Å². The third-order valence-corrected chi connectivity index (χ3v) is 7.52. The van der Waals surface area contributed by atoms with Gasteiger partial charge in [0.1, 0.15) is 34.0 Å². The Morgan fingerprint density at radius 2 is 1.86 bits per heavy atom. The Kier molecular flexibility index (Phi) is 5.13. The number of nitrogens with one attached hydrogen (secondary N) is 1. The van der Waals surface area contributed by atoms with E-state index in [9.17, 15) is 24.6 Å². The Hall–Kier alpha value is -3.87. The molecule has 5 rings (SSSR count). The van der Waals surface area contributed by atoms with Crippen LogP contribution in [0.3, 0.4) is 0 Å². The van der Waals surface area contributed by atoms with E-state index in [-0.39, 0.29) is 45.6 Å². The number of carbonyl (C=O) groups is 3. The summed E-state index contributed by atoms with van der Waals surface area (Å²) in [5, 5.41) is 24.8. The molecule has 7 heteroatoms. The monoisotopic (exact) mass is 473 g/mol. The van der Waals surface area contributed by atoms with E-state index >= 15 is 0 Å². The first-order valence-electron chi connectivity index (χ1n) is 11.7. The highest BCUT2D eigenvalue weighted by molar-refractivity contribution is 6.31. The average molecular weight is 474 g/mol. The van der Waals surface area contributed by atoms with Gasteiger partial charge in [-0.05, 0) is 58.1 Å². The summed E-state index contributed by atoms with van der Waals surface area (Å²) < 4.78 is 5.82. The number of ether oxygens (including phenoxy) is 1. The Bertz CT molecular complexity index is 1400. The van der Waals surface area contributed by atoms with Crippen molar-refractivity contribution >= 4 is 17.3 Å². The van der Waals surface area contributed by atoms with E-state index in [1.807, 2.05) is 12.1 Å². The Morgan fingerprint density at radius 3 is 2.57 bits per heavy atom. The van der Waals surface area contributed by atoms with Crippen molar-refractivity contribution in [1.29, 1.82) is 0 Å².